The number of nitrogens with zero attached hydrogens (tertiary/aromatic N) is 2. The lowest BCUT2D eigenvalue weighted by Gasteiger charge is -2.02. The first-order valence-corrected chi connectivity index (χ1v) is 8.05. The zero-order valence-electron chi connectivity index (χ0n) is 12.0. The van der Waals surface area contributed by atoms with E-state index in [-0.39, 0.29) is 11.8 Å². The molecule has 3 heterocycles. The summed E-state index contributed by atoms with van der Waals surface area (Å²) in [6.45, 7) is 0.661. The Morgan fingerprint density at radius 2 is 2.26 bits per heavy atom. The molecule has 0 saturated carbocycles. The van der Waals surface area contributed by atoms with Crippen LogP contribution in [0.25, 0.3) is 11.0 Å². The van der Waals surface area contributed by atoms with E-state index in [0.29, 0.717) is 22.1 Å². The molecule has 4 rings (SSSR count). The van der Waals surface area contributed by atoms with E-state index in [9.17, 15) is 9.59 Å². The average Bonchev–Trinajstić information content (AvgIpc) is 3.13. The van der Waals surface area contributed by atoms with E-state index in [0.717, 1.165) is 29.6 Å². The van der Waals surface area contributed by atoms with Crippen LogP contribution >= 0.6 is 11.3 Å². The van der Waals surface area contributed by atoms with Gasteiger partial charge in [-0.25, -0.2) is 9.97 Å². The Balaban J connectivity index is 1.59. The maximum atomic E-state index is 12.4. The third kappa shape index (κ3) is 2.57. The van der Waals surface area contributed by atoms with Crippen molar-refractivity contribution in [3.05, 3.63) is 40.7 Å². The molecular weight excluding hydrogens is 314 g/mol. The molecule has 8 heteroatoms. The summed E-state index contributed by atoms with van der Waals surface area (Å²) in [4.78, 5) is 36.4. The van der Waals surface area contributed by atoms with Crippen LogP contribution in [0.15, 0.2) is 24.5 Å². The number of benzene rings is 1. The molecule has 0 saturated heterocycles. The molecule has 3 aromatic rings. The Labute approximate surface area is 135 Å². The molecule has 2 amide bonds. The van der Waals surface area contributed by atoms with E-state index >= 15 is 0 Å². The first kappa shape index (κ1) is 13.9. The molecule has 0 bridgehead atoms. The highest BCUT2D eigenvalue weighted by atomic mass is 32.1. The molecule has 23 heavy (non-hydrogen) atoms. The van der Waals surface area contributed by atoms with Crippen LogP contribution in [0.1, 0.15) is 32.1 Å². The Hall–Kier alpha value is -2.74. The van der Waals surface area contributed by atoms with Gasteiger partial charge in [-0.2, -0.15) is 0 Å². The molecule has 2 aromatic heterocycles. The van der Waals surface area contributed by atoms with E-state index in [1.54, 1.807) is 24.5 Å². The van der Waals surface area contributed by atoms with E-state index in [4.69, 9.17) is 0 Å². The standard InChI is InChI=1S/C15H13N5O2S/c21-13(8-3-4-9-11(6-8)18-7-17-9)20-15-19-10-2-1-5-16-14(22)12(10)23-15/h3-4,6-7H,1-2,5H2,(H,16,22)(H,17,18)(H,19,20,21). The summed E-state index contributed by atoms with van der Waals surface area (Å²) in [6, 6.07) is 5.23. The Kier molecular flexibility index (Phi) is 3.30. The number of amides is 2. The molecule has 116 valence electrons. The van der Waals surface area contributed by atoms with E-state index in [1.807, 2.05) is 0 Å². The topological polar surface area (TPSA) is 99.8 Å². The highest BCUT2D eigenvalue weighted by Gasteiger charge is 2.21. The Morgan fingerprint density at radius 1 is 1.35 bits per heavy atom. The minimum absolute atomic E-state index is 0.116. The summed E-state index contributed by atoms with van der Waals surface area (Å²) in [7, 11) is 0. The zero-order chi connectivity index (χ0) is 15.8. The van der Waals surface area contributed by atoms with Gasteiger partial charge in [0.25, 0.3) is 11.8 Å². The molecule has 1 aliphatic rings. The maximum Gasteiger partial charge on any atom is 0.263 e. The number of fused-ring (bicyclic) bond motifs is 2. The summed E-state index contributed by atoms with van der Waals surface area (Å²) in [6.07, 6.45) is 3.18. The van der Waals surface area contributed by atoms with E-state index in [2.05, 4.69) is 25.6 Å². The molecule has 0 unspecified atom stereocenters. The van der Waals surface area contributed by atoms with Crippen molar-refractivity contribution >= 4 is 39.3 Å². The highest BCUT2D eigenvalue weighted by molar-refractivity contribution is 7.17. The fraction of sp³-hybridized carbons (Fsp3) is 0.200. The fourth-order valence-corrected chi connectivity index (χ4v) is 3.46. The van der Waals surface area contributed by atoms with Gasteiger partial charge in [0.1, 0.15) is 4.88 Å². The number of hydrogen-bond donors (Lipinski definition) is 3. The summed E-state index contributed by atoms with van der Waals surface area (Å²) in [5.74, 6) is -0.375. The summed E-state index contributed by atoms with van der Waals surface area (Å²) >= 11 is 1.21. The minimum atomic E-state index is -0.259. The molecule has 0 aliphatic carbocycles. The molecule has 3 N–H and O–H groups in total. The van der Waals surface area contributed by atoms with E-state index in [1.165, 1.54) is 11.3 Å². The van der Waals surface area contributed by atoms with Gasteiger partial charge in [-0.15, -0.1) is 0 Å². The van der Waals surface area contributed by atoms with Gasteiger partial charge in [0.05, 0.1) is 23.1 Å². The van der Waals surface area contributed by atoms with Crippen LogP contribution < -0.4 is 10.6 Å². The number of imidazole rings is 1. The van der Waals surface area contributed by atoms with Gasteiger partial charge in [0.15, 0.2) is 5.13 Å². The van der Waals surface area contributed by atoms with Gasteiger partial charge < -0.3 is 10.3 Å². The van der Waals surface area contributed by atoms with Gasteiger partial charge in [-0.3, -0.25) is 14.9 Å². The summed E-state index contributed by atoms with van der Waals surface area (Å²) < 4.78 is 0. The normalized spacial score (nSPS) is 14.2. The molecular formula is C15H13N5O2S. The number of aromatic nitrogens is 3. The van der Waals surface area contributed by atoms with Crippen LogP contribution in [0.4, 0.5) is 5.13 Å². The molecule has 0 atom stereocenters. The van der Waals surface area contributed by atoms with Crippen molar-refractivity contribution in [2.24, 2.45) is 0 Å². The fourth-order valence-electron chi connectivity index (χ4n) is 2.54. The van der Waals surface area contributed by atoms with Crippen LogP contribution in [0.2, 0.25) is 0 Å². The van der Waals surface area contributed by atoms with Crippen LogP contribution in [-0.2, 0) is 6.42 Å². The second-order valence-electron chi connectivity index (χ2n) is 5.24. The highest BCUT2D eigenvalue weighted by Crippen LogP contribution is 2.26. The summed E-state index contributed by atoms with van der Waals surface area (Å²) in [5, 5.41) is 6.04. The summed E-state index contributed by atoms with van der Waals surface area (Å²) in [5.41, 5.74) is 2.87. The number of carbonyl (C=O) groups excluding carboxylic acids is 2. The average molecular weight is 327 g/mol. The Bertz CT molecular complexity index is 914. The van der Waals surface area contributed by atoms with Crippen molar-refractivity contribution in [1.29, 1.82) is 0 Å². The van der Waals surface area contributed by atoms with Gasteiger partial charge in [0.2, 0.25) is 0 Å². The van der Waals surface area contributed by atoms with Crippen LogP contribution in [-0.4, -0.2) is 33.3 Å². The predicted molar refractivity (Wildman–Crippen MR) is 86.8 cm³/mol. The molecule has 0 radical (unpaired) electrons. The molecule has 1 aromatic carbocycles. The van der Waals surface area contributed by atoms with Crippen molar-refractivity contribution in [2.75, 3.05) is 11.9 Å². The van der Waals surface area contributed by atoms with Crippen molar-refractivity contribution in [3.63, 3.8) is 0 Å². The number of aryl methyl sites for hydroxylation is 1. The molecule has 7 nitrogen and oxygen atoms in total. The van der Waals surface area contributed by atoms with Gasteiger partial charge in [-0.1, -0.05) is 11.3 Å². The lowest BCUT2D eigenvalue weighted by Crippen LogP contribution is -2.21. The second-order valence-corrected chi connectivity index (χ2v) is 6.24. The number of thiazole rings is 1. The first-order chi connectivity index (χ1) is 11.2. The van der Waals surface area contributed by atoms with Crippen molar-refractivity contribution in [2.45, 2.75) is 12.8 Å². The molecule has 0 fully saturated rings. The second kappa shape index (κ2) is 5.47. The molecule has 0 spiro atoms. The minimum Gasteiger partial charge on any atom is -0.351 e. The third-order valence-corrected chi connectivity index (χ3v) is 4.69. The zero-order valence-corrected chi connectivity index (χ0v) is 12.9. The number of nitrogens with one attached hydrogen (secondary N) is 3. The largest absolute Gasteiger partial charge is 0.351 e. The number of hydrogen-bond acceptors (Lipinski definition) is 5. The molecule has 1 aliphatic heterocycles. The first-order valence-electron chi connectivity index (χ1n) is 7.23. The lowest BCUT2D eigenvalue weighted by atomic mass is 10.2. The Morgan fingerprint density at radius 3 is 3.17 bits per heavy atom. The number of aromatic amines is 1. The predicted octanol–water partition coefficient (Wildman–Crippen LogP) is 1.95. The van der Waals surface area contributed by atoms with Crippen LogP contribution in [0, 0.1) is 0 Å². The number of H-pyrrole nitrogens is 1. The quantitative estimate of drug-likeness (QED) is 0.670. The SMILES string of the molecule is O=C(Nc1nc2c(s1)C(=O)NCCC2)c1ccc2nc[nH]c2c1. The smallest absolute Gasteiger partial charge is 0.263 e. The van der Waals surface area contributed by atoms with Crippen molar-refractivity contribution < 1.29 is 9.59 Å². The van der Waals surface area contributed by atoms with Gasteiger partial charge >= 0.3 is 0 Å². The van der Waals surface area contributed by atoms with Crippen molar-refractivity contribution in [1.82, 2.24) is 20.3 Å². The van der Waals surface area contributed by atoms with Gasteiger partial charge in [-0.05, 0) is 31.0 Å². The number of rotatable bonds is 2. The number of carbonyl (C=O) groups is 2. The van der Waals surface area contributed by atoms with Crippen LogP contribution in [0.5, 0.6) is 0 Å². The third-order valence-electron chi connectivity index (χ3n) is 3.68. The maximum absolute atomic E-state index is 12.4. The van der Waals surface area contributed by atoms with E-state index < -0.39 is 0 Å². The van der Waals surface area contributed by atoms with Crippen LogP contribution in [0.3, 0.4) is 0 Å². The van der Waals surface area contributed by atoms with Crippen molar-refractivity contribution in [3.8, 4) is 0 Å². The lowest BCUT2D eigenvalue weighted by molar-refractivity contribution is 0.0958. The van der Waals surface area contributed by atoms with Gasteiger partial charge in [0, 0.05) is 12.1 Å². The number of anilines is 1. The monoisotopic (exact) mass is 327 g/mol.